The molecular weight excluding hydrogens is 1420 g/mol. The van der Waals surface area contributed by atoms with Crippen molar-refractivity contribution < 1.29 is 197 Å². The molecule has 0 spiro atoms. The van der Waals surface area contributed by atoms with Gasteiger partial charge in [-0.1, -0.05) is 41.5 Å². The summed E-state index contributed by atoms with van der Waals surface area (Å²) in [4.78, 5) is 0. The van der Waals surface area contributed by atoms with Crippen molar-refractivity contribution in [2.45, 2.75) is 323 Å². The standard InChI is InChI=1S/C60H108O40Si2/c1-59(2,3)101(7,8)83-17-25-49-34(74)42(82)58(92-25)98-48-24(16-66)88-54(38(78)30(48)70)96-46-22(14-64)90-56(40(80)32(46)72)100-50-26(18-84-102(9,10)60(4,5)6)91-57(41(81)33(50)73)97-47-23(15-65)87-53(37(77)29(47)69)94-44-20(12-62)85-51(35(75)27(44)67)93-43-19(11-61)86-52(36(76)28(43)68)95-45-21(13-63)89-55(99-49)39(79)31(45)71/h19-58,61-82H,11-18H2,1-10H3/t19-,20-,21-,22-,23-,24-,25-,26-,27-,28-,29-,30-,31-,32-,33-,34-,35-,36-,37-,38-,39-,40-,41-,42-,43-,44-,45-,46-,47-,48-,49-,50-,51-,52-,53-,54-,55-,56-,57-,58-/m1/s1. The normalized spacial score (nSPS) is 50.1. The van der Waals surface area contributed by atoms with Gasteiger partial charge < -0.3 is 197 Å². The van der Waals surface area contributed by atoms with Crippen LogP contribution in [0.1, 0.15) is 41.5 Å². The third kappa shape index (κ3) is 17.4. The molecular formula is C60H108O40Si2. The first-order chi connectivity index (χ1) is 47.7. The lowest BCUT2D eigenvalue weighted by Crippen LogP contribution is -2.69. The Kier molecular flexibility index (Phi) is 28.5. The van der Waals surface area contributed by atoms with E-state index in [1.165, 1.54) is 0 Å². The van der Waals surface area contributed by atoms with E-state index >= 15 is 0 Å². The molecule has 0 aromatic heterocycles. The predicted octanol–water partition coefficient (Wildman–Crippen LogP) is -11.3. The molecule has 102 heavy (non-hydrogen) atoms. The zero-order valence-corrected chi connectivity index (χ0v) is 59.9. The second kappa shape index (κ2) is 34.2. The molecule has 30 heterocycles. The zero-order chi connectivity index (χ0) is 75.5. The second-order valence-electron chi connectivity index (χ2n) is 30.2. The Labute approximate surface area is 588 Å². The van der Waals surface area contributed by atoms with Gasteiger partial charge in [-0.2, -0.15) is 0 Å². The third-order valence-electron chi connectivity index (χ3n) is 21.4. The fraction of sp³-hybridized carbons (Fsp3) is 1.00. The minimum Gasteiger partial charge on any atom is -0.414 e. The van der Waals surface area contributed by atoms with E-state index in [0.29, 0.717) is 0 Å². The molecule has 0 radical (unpaired) electrons. The molecule has 42 heteroatoms. The molecule has 40 atom stereocenters. The number of aliphatic hydroxyl groups is 22. The Balaban J connectivity index is 1.03. The molecule has 16 bridgehead atoms. The fourth-order valence-electron chi connectivity index (χ4n) is 12.9. The smallest absolute Gasteiger partial charge is 0.192 e. The van der Waals surface area contributed by atoms with E-state index in [1.807, 2.05) is 67.7 Å². The first kappa shape index (κ1) is 84.8. The lowest BCUT2D eigenvalue weighted by Gasteiger charge is -2.51. The van der Waals surface area contributed by atoms with E-state index in [9.17, 15) is 112 Å². The highest BCUT2D eigenvalue weighted by molar-refractivity contribution is 6.74. The van der Waals surface area contributed by atoms with E-state index < -0.39 is 325 Å². The topological polar surface area (TPSA) is 611 Å². The Hall–Kier alpha value is -1.17. The molecule has 30 rings (SSSR count). The van der Waals surface area contributed by atoms with Crippen LogP contribution in [0.5, 0.6) is 0 Å². The summed E-state index contributed by atoms with van der Waals surface area (Å²) in [6.45, 7) is 11.5. The monoisotopic (exact) mass is 1520 g/mol. The van der Waals surface area contributed by atoms with Gasteiger partial charge in [-0.05, 0) is 36.3 Å². The van der Waals surface area contributed by atoms with Crippen LogP contribution in [0.4, 0.5) is 0 Å². The van der Waals surface area contributed by atoms with E-state index in [0.717, 1.165) is 0 Å². The highest BCUT2D eigenvalue weighted by Gasteiger charge is 2.61. The summed E-state index contributed by atoms with van der Waals surface area (Å²) in [7, 11) is -5.58. The van der Waals surface area contributed by atoms with E-state index in [4.69, 9.17) is 84.6 Å². The average Bonchev–Trinajstić information content (AvgIpc) is 0.763. The first-order valence-corrected chi connectivity index (χ1v) is 39.8. The van der Waals surface area contributed by atoms with Crippen molar-refractivity contribution >= 4 is 16.6 Å². The molecule has 0 saturated carbocycles. The van der Waals surface area contributed by atoms with E-state index in [2.05, 4.69) is 0 Å². The van der Waals surface area contributed by atoms with Crippen LogP contribution < -0.4 is 0 Å². The van der Waals surface area contributed by atoms with Crippen LogP contribution in [-0.2, 0) is 84.6 Å². The second-order valence-corrected chi connectivity index (χ2v) is 39.9. The SMILES string of the molecule is CC(C)(C)[Si](C)(C)OC[C@H]1O[C@@H]2O[C@H]3[C@H](O)[C@@H](O)[C@@H](O[C@H]4[C@H](O)[C@@H](O)[C@@H](O[C@H]5[C@H](O)[C@@H](O)[C@@H](O[C@H]6[C@H](O)[C@@H](O)[C@@H](O[C@H]7[C@H](O)[C@@H](O)[C@@H](O[C@H]8[C@H](O)[C@@H](O)[C@@H](O[C@H]9[C@H](O)[C@@H](O)[C@@H](O[C@H]1[C@H](O)[C@H]2O)O[C@@H]9CO)O[C@@H]8CO)O[C@@H]7CO)O[C@@H]6CO)O[C@@H]5CO[Si](C)(C)C(C)(C)C)O[C@@H]4CO)O[C@@H]3CO. The predicted molar refractivity (Wildman–Crippen MR) is 333 cm³/mol. The maximum absolute atomic E-state index is 12.0. The minimum atomic E-state index is -2.79. The Morgan fingerprint density at radius 2 is 0.343 bits per heavy atom. The largest absolute Gasteiger partial charge is 0.414 e. The summed E-state index contributed by atoms with van der Waals surface area (Å²) in [6.07, 6.45) is -80.5. The third-order valence-corrected chi connectivity index (χ3v) is 30.4. The van der Waals surface area contributed by atoms with Gasteiger partial charge in [0.2, 0.25) is 0 Å². The lowest BCUT2D eigenvalue weighted by atomic mass is 9.94. The van der Waals surface area contributed by atoms with Crippen LogP contribution >= 0.6 is 0 Å². The molecule has 30 fully saturated rings. The molecule has 22 N–H and O–H groups in total. The molecule has 0 amide bonds. The Morgan fingerprint density at radius 3 is 0.471 bits per heavy atom. The van der Waals surface area contributed by atoms with Gasteiger partial charge in [0.05, 0.1) is 52.9 Å². The molecule has 30 saturated heterocycles. The van der Waals surface area contributed by atoms with Crippen molar-refractivity contribution in [3.8, 4) is 0 Å². The number of ether oxygens (including phenoxy) is 16. The van der Waals surface area contributed by atoms with E-state index in [1.54, 1.807) is 0 Å². The highest BCUT2D eigenvalue weighted by Crippen LogP contribution is 2.43. The van der Waals surface area contributed by atoms with Gasteiger partial charge in [0.1, 0.15) is 195 Å². The van der Waals surface area contributed by atoms with Gasteiger partial charge in [0.25, 0.3) is 0 Å². The molecule has 596 valence electrons. The van der Waals surface area contributed by atoms with Gasteiger partial charge in [-0.3, -0.25) is 0 Å². The summed E-state index contributed by atoms with van der Waals surface area (Å²) in [5.41, 5.74) is 0. The van der Waals surface area contributed by atoms with Crippen LogP contribution in [0, 0.1) is 0 Å². The lowest BCUT2D eigenvalue weighted by molar-refractivity contribution is -0.403. The van der Waals surface area contributed by atoms with Gasteiger partial charge >= 0.3 is 0 Å². The zero-order valence-electron chi connectivity index (χ0n) is 57.9. The van der Waals surface area contributed by atoms with Crippen LogP contribution in [-0.4, -0.2) is 427 Å². The summed E-state index contributed by atoms with van der Waals surface area (Å²) in [5, 5.41) is 251. The number of hydrogen-bond acceptors (Lipinski definition) is 40. The maximum atomic E-state index is 12.0. The maximum Gasteiger partial charge on any atom is 0.192 e. The van der Waals surface area contributed by atoms with Crippen molar-refractivity contribution in [3.05, 3.63) is 0 Å². The quantitative estimate of drug-likeness (QED) is 0.0807. The molecule has 0 unspecified atom stereocenters. The number of hydrogen-bond donors (Lipinski definition) is 22. The van der Waals surface area contributed by atoms with Crippen molar-refractivity contribution in [2.75, 3.05) is 52.9 Å². The summed E-state index contributed by atoms with van der Waals surface area (Å²) in [5.74, 6) is 0. The van der Waals surface area contributed by atoms with Crippen molar-refractivity contribution in [1.29, 1.82) is 0 Å². The Morgan fingerprint density at radius 1 is 0.216 bits per heavy atom. The molecule has 30 aliphatic rings. The van der Waals surface area contributed by atoms with Crippen molar-refractivity contribution in [3.63, 3.8) is 0 Å². The molecule has 0 aromatic carbocycles. The minimum absolute atomic E-state index is 0.466. The van der Waals surface area contributed by atoms with Crippen molar-refractivity contribution in [2.24, 2.45) is 0 Å². The molecule has 30 aliphatic heterocycles. The van der Waals surface area contributed by atoms with E-state index in [-0.39, 0.29) is 0 Å². The van der Waals surface area contributed by atoms with Crippen LogP contribution in [0.15, 0.2) is 0 Å². The summed E-state index contributed by atoms with van der Waals surface area (Å²) < 4.78 is 108. The van der Waals surface area contributed by atoms with Gasteiger partial charge in [-0.25, -0.2) is 0 Å². The molecule has 40 nitrogen and oxygen atoms in total. The number of aliphatic hydroxyl groups excluding tert-OH is 22. The van der Waals surface area contributed by atoms with Crippen LogP contribution in [0.3, 0.4) is 0 Å². The number of rotatable bonds is 12. The fourth-order valence-corrected chi connectivity index (χ4v) is 14.9. The Bertz CT molecular complexity index is 2560. The highest BCUT2D eigenvalue weighted by atomic mass is 28.4. The summed E-state index contributed by atoms with van der Waals surface area (Å²) >= 11 is 0. The van der Waals surface area contributed by atoms with Crippen LogP contribution in [0.25, 0.3) is 0 Å². The van der Waals surface area contributed by atoms with Gasteiger partial charge in [0.15, 0.2) is 67.0 Å². The first-order valence-electron chi connectivity index (χ1n) is 34.0. The van der Waals surface area contributed by atoms with Crippen LogP contribution in [0.2, 0.25) is 36.3 Å². The van der Waals surface area contributed by atoms with Gasteiger partial charge in [-0.15, -0.1) is 0 Å². The van der Waals surface area contributed by atoms with Gasteiger partial charge in [0, 0.05) is 0 Å². The molecule has 0 aliphatic carbocycles. The van der Waals surface area contributed by atoms with Crippen molar-refractivity contribution in [1.82, 2.24) is 0 Å². The molecule has 0 aromatic rings. The average molecular weight is 1530 g/mol. The summed E-state index contributed by atoms with van der Waals surface area (Å²) in [6, 6.07) is 0.